The number of ketones is 1. The molecule has 7 atom stereocenters. The second-order valence-corrected chi connectivity index (χ2v) is 8.70. The van der Waals surface area contributed by atoms with Gasteiger partial charge in [0, 0.05) is 11.8 Å². The summed E-state index contributed by atoms with van der Waals surface area (Å²) >= 11 is 0. The number of hydrogen-bond donors (Lipinski definition) is 2. The quantitative estimate of drug-likeness (QED) is 0.677. The van der Waals surface area contributed by atoms with Crippen molar-refractivity contribution in [1.82, 2.24) is 0 Å². The van der Waals surface area contributed by atoms with Crippen molar-refractivity contribution >= 4 is 5.78 Å². The Bertz CT molecular complexity index is 539. The fourth-order valence-electron chi connectivity index (χ4n) is 6.40. The van der Waals surface area contributed by atoms with Crippen LogP contribution >= 0.6 is 0 Å². The summed E-state index contributed by atoms with van der Waals surface area (Å²) in [6.45, 7) is 4.48. The van der Waals surface area contributed by atoms with Crippen LogP contribution in [-0.2, 0) is 4.79 Å². The van der Waals surface area contributed by atoms with E-state index in [2.05, 4.69) is 13.8 Å². The van der Waals surface area contributed by atoms with Gasteiger partial charge in [-0.15, -0.1) is 0 Å². The average molecular weight is 304 g/mol. The van der Waals surface area contributed by atoms with E-state index in [-0.39, 0.29) is 22.9 Å². The number of rotatable bonds is 0. The molecule has 0 saturated heterocycles. The first kappa shape index (κ1) is 14.9. The zero-order valence-electron chi connectivity index (χ0n) is 13.7. The lowest BCUT2D eigenvalue weighted by molar-refractivity contribution is -0.135. The Kier molecular flexibility index (Phi) is 3.16. The number of Topliss-reactive ketones (excluding diaryl/α,β-unsaturated/α-hetero) is 1. The number of carbonyl (C=O) groups is 1. The first-order chi connectivity index (χ1) is 10.4. The molecule has 4 rings (SSSR count). The first-order valence-corrected chi connectivity index (χ1v) is 8.97. The van der Waals surface area contributed by atoms with Gasteiger partial charge < -0.3 is 10.2 Å². The van der Waals surface area contributed by atoms with E-state index in [0.29, 0.717) is 24.0 Å². The maximum Gasteiger partial charge on any atom is 0.139 e. The van der Waals surface area contributed by atoms with Gasteiger partial charge in [-0.2, -0.15) is 0 Å². The lowest BCUT2D eigenvalue weighted by atomic mass is 9.47. The van der Waals surface area contributed by atoms with E-state index in [1.165, 1.54) is 5.57 Å². The lowest BCUT2D eigenvalue weighted by Crippen LogP contribution is -2.54. The molecule has 3 fully saturated rings. The predicted octanol–water partition coefficient (Wildman–Crippen LogP) is 2.85. The third-order valence-electron chi connectivity index (χ3n) is 7.81. The van der Waals surface area contributed by atoms with E-state index in [9.17, 15) is 15.0 Å². The first-order valence-electron chi connectivity index (χ1n) is 8.97. The molecule has 0 aromatic carbocycles. The van der Waals surface area contributed by atoms with Gasteiger partial charge >= 0.3 is 0 Å². The minimum Gasteiger partial charge on any atom is -0.393 e. The molecule has 0 aliphatic heterocycles. The van der Waals surface area contributed by atoms with Crippen LogP contribution in [0.4, 0.5) is 0 Å². The van der Waals surface area contributed by atoms with Gasteiger partial charge in [-0.05, 0) is 61.7 Å². The molecule has 4 aliphatic carbocycles. The van der Waals surface area contributed by atoms with Crippen molar-refractivity contribution in [2.45, 2.75) is 71.0 Å². The molecule has 0 aromatic heterocycles. The largest absolute Gasteiger partial charge is 0.393 e. The van der Waals surface area contributed by atoms with Gasteiger partial charge in [0.25, 0.3) is 0 Å². The van der Waals surface area contributed by atoms with Crippen molar-refractivity contribution in [3.05, 3.63) is 11.6 Å². The second kappa shape index (κ2) is 4.67. The van der Waals surface area contributed by atoms with E-state index < -0.39 is 6.10 Å². The van der Waals surface area contributed by atoms with Gasteiger partial charge in [-0.3, -0.25) is 4.79 Å². The van der Waals surface area contributed by atoms with Crippen LogP contribution in [0.5, 0.6) is 0 Å². The monoisotopic (exact) mass is 304 g/mol. The number of aliphatic hydroxyl groups excluding tert-OH is 2. The molecule has 0 aromatic rings. The Labute approximate surface area is 132 Å². The van der Waals surface area contributed by atoms with Gasteiger partial charge in [0.15, 0.2) is 0 Å². The molecule has 4 aliphatic rings. The third-order valence-corrected chi connectivity index (χ3v) is 7.81. The zero-order valence-corrected chi connectivity index (χ0v) is 13.7. The maximum absolute atomic E-state index is 12.4. The molecule has 2 N–H and O–H groups in total. The average Bonchev–Trinajstić information content (AvgIpc) is 2.77. The fourth-order valence-corrected chi connectivity index (χ4v) is 6.40. The molecule has 0 unspecified atom stereocenters. The van der Waals surface area contributed by atoms with Crippen molar-refractivity contribution in [3.63, 3.8) is 0 Å². The smallest absolute Gasteiger partial charge is 0.139 e. The second-order valence-electron chi connectivity index (χ2n) is 8.70. The molecule has 0 bridgehead atoms. The summed E-state index contributed by atoms with van der Waals surface area (Å²) in [6, 6.07) is 0. The predicted molar refractivity (Wildman–Crippen MR) is 84.1 cm³/mol. The highest BCUT2D eigenvalue weighted by Gasteiger charge is 2.60. The minimum absolute atomic E-state index is 0.121. The minimum atomic E-state index is -0.436. The summed E-state index contributed by atoms with van der Waals surface area (Å²) in [5.74, 6) is 1.46. The molecular weight excluding hydrogens is 276 g/mol. The maximum atomic E-state index is 12.4. The van der Waals surface area contributed by atoms with E-state index in [1.54, 1.807) is 0 Å². The number of fused-ring (bicyclic) bond motifs is 5. The Morgan fingerprint density at radius 1 is 1.05 bits per heavy atom. The fraction of sp³-hybridized carbons (Fsp3) is 0.842. The Hall–Kier alpha value is -0.670. The summed E-state index contributed by atoms with van der Waals surface area (Å²) in [5.41, 5.74) is 1.20. The summed E-state index contributed by atoms with van der Waals surface area (Å²) in [4.78, 5) is 12.4. The van der Waals surface area contributed by atoms with Crippen molar-refractivity contribution in [1.29, 1.82) is 0 Å². The van der Waals surface area contributed by atoms with Crippen LogP contribution < -0.4 is 0 Å². The van der Waals surface area contributed by atoms with Crippen LogP contribution in [0, 0.1) is 28.6 Å². The summed E-state index contributed by atoms with van der Waals surface area (Å²) in [6.07, 6.45) is 7.65. The van der Waals surface area contributed by atoms with E-state index in [4.69, 9.17) is 0 Å². The van der Waals surface area contributed by atoms with Crippen molar-refractivity contribution < 1.29 is 15.0 Å². The van der Waals surface area contributed by atoms with Crippen LogP contribution in [-0.4, -0.2) is 28.2 Å². The molecule has 0 radical (unpaired) electrons. The molecule has 3 saturated carbocycles. The Morgan fingerprint density at radius 2 is 1.73 bits per heavy atom. The standard InChI is InChI=1S/C19H28O3/c1-18-7-5-12(20)9-11(18)10-15(21)17-13-3-4-16(22)19(13,2)8-6-14(17)18/h10,12-15,17,20-21H,3-9H2,1-2H3/t12-,13+,14+,15-,17+,18+,19+/m1/s1. The SMILES string of the molecule is C[C@]12CC[C@@H](O)CC1=C[C@@H](O)[C@@H]1[C@@H]2CC[C@]2(C)C(=O)CC[C@@H]12. The van der Waals surface area contributed by atoms with Crippen molar-refractivity contribution in [2.75, 3.05) is 0 Å². The number of aliphatic hydroxyl groups is 2. The molecule has 22 heavy (non-hydrogen) atoms. The lowest BCUT2D eigenvalue weighted by Gasteiger charge is -2.58. The van der Waals surface area contributed by atoms with Gasteiger partial charge in [0.1, 0.15) is 5.78 Å². The zero-order chi connectivity index (χ0) is 15.7. The third kappa shape index (κ3) is 1.78. The topological polar surface area (TPSA) is 57.5 Å². The number of carbonyl (C=O) groups excluding carboxylic acids is 1. The molecular formula is C19H28O3. The van der Waals surface area contributed by atoms with E-state index in [1.807, 2.05) is 6.08 Å². The van der Waals surface area contributed by atoms with Crippen LogP contribution in [0.25, 0.3) is 0 Å². The summed E-state index contributed by atoms with van der Waals surface area (Å²) < 4.78 is 0. The molecule has 3 nitrogen and oxygen atoms in total. The number of hydrogen-bond acceptors (Lipinski definition) is 3. The van der Waals surface area contributed by atoms with Gasteiger partial charge in [-0.25, -0.2) is 0 Å². The van der Waals surface area contributed by atoms with Gasteiger partial charge in [0.2, 0.25) is 0 Å². The Balaban J connectivity index is 1.75. The summed E-state index contributed by atoms with van der Waals surface area (Å²) in [7, 11) is 0. The normalized spacial score (nSPS) is 54.3. The molecule has 0 amide bonds. The molecule has 3 heteroatoms. The Morgan fingerprint density at radius 3 is 2.50 bits per heavy atom. The molecule has 0 heterocycles. The van der Waals surface area contributed by atoms with Crippen molar-refractivity contribution in [2.24, 2.45) is 28.6 Å². The van der Waals surface area contributed by atoms with Gasteiger partial charge in [0.05, 0.1) is 12.2 Å². The highest BCUT2D eigenvalue weighted by atomic mass is 16.3. The highest BCUT2D eigenvalue weighted by molar-refractivity contribution is 5.87. The summed E-state index contributed by atoms with van der Waals surface area (Å²) in [5, 5.41) is 20.8. The molecule has 122 valence electrons. The van der Waals surface area contributed by atoms with E-state index in [0.717, 1.165) is 38.5 Å². The van der Waals surface area contributed by atoms with Crippen LogP contribution in [0.3, 0.4) is 0 Å². The van der Waals surface area contributed by atoms with Gasteiger partial charge in [-0.1, -0.05) is 25.5 Å². The van der Waals surface area contributed by atoms with Crippen molar-refractivity contribution in [3.8, 4) is 0 Å². The van der Waals surface area contributed by atoms with Crippen LogP contribution in [0.1, 0.15) is 58.8 Å². The molecule has 0 spiro atoms. The highest BCUT2D eigenvalue weighted by Crippen LogP contribution is 2.63. The van der Waals surface area contributed by atoms with Crippen LogP contribution in [0.15, 0.2) is 11.6 Å². The van der Waals surface area contributed by atoms with E-state index >= 15 is 0 Å². The van der Waals surface area contributed by atoms with Crippen LogP contribution in [0.2, 0.25) is 0 Å².